The maximum absolute atomic E-state index is 12.7. The van der Waals surface area contributed by atoms with E-state index in [1.54, 1.807) is 6.07 Å². The number of carbonyl (C=O) groups is 1. The standard InChI is InChI=1S/C22H24BrN3O3/c1-15-5-10-20(28-15)19(26-11-3-2-4-12-26)14-24-22(27)18-13-21(29-25-18)16-6-8-17(23)9-7-16/h5-10,13,19H,2-4,11-12,14H2,1H3,(H,24,27)/t19-/m1/s1. The van der Waals surface area contributed by atoms with Gasteiger partial charge in [0.2, 0.25) is 0 Å². The average molecular weight is 458 g/mol. The predicted molar refractivity (Wildman–Crippen MR) is 114 cm³/mol. The first-order valence-electron chi connectivity index (χ1n) is 9.91. The SMILES string of the molecule is Cc1ccc([C@@H](CNC(=O)c2cc(-c3ccc(Br)cc3)on2)N2CCCCC2)o1. The Hall–Kier alpha value is -2.38. The Labute approximate surface area is 178 Å². The predicted octanol–water partition coefficient (Wildman–Crippen LogP) is 4.96. The van der Waals surface area contributed by atoms with Crippen molar-refractivity contribution in [2.75, 3.05) is 19.6 Å². The molecular weight excluding hydrogens is 434 g/mol. The molecule has 3 heterocycles. The molecule has 1 aromatic carbocycles. The number of hydrogen-bond donors (Lipinski definition) is 1. The molecule has 0 bridgehead atoms. The molecule has 0 radical (unpaired) electrons. The van der Waals surface area contributed by atoms with Crippen molar-refractivity contribution < 1.29 is 13.7 Å². The third kappa shape index (κ3) is 4.79. The van der Waals surface area contributed by atoms with Crippen LogP contribution in [-0.2, 0) is 0 Å². The van der Waals surface area contributed by atoms with E-state index in [1.165, 1.54) is 19.3 Å². The Morgan fingerprint density at radius 3 is 2.62 bits per heavy atom. The van der Waals surface area contributed by atoms with E-state index in [1.807, 2.05) is 43.3 Å². The molecule has 7 heteroatoms. The van der Waals surface area contributed by atoms with Crippen molar-refractivity contribution in [3.8, 4) is 11.3 Å². The van der Waals surface area contributed by atoms with Gasteiger partial charge in [0, 0.05) is 22.6 Å². The number of halogens is 1. The second kappa shape index (κ2) is 8.97. The normalized spacial score (nSPS) is 15.9. The molecule has 1 aliphatic rings. The number of nitrogens with one attached hydrogen (secondary N) is 1. The smallest absolute Gasteiger partial charge is 0.273 e. The first-order chi connectivity index (χ1) is 14.1. The third-order valence-electron chi connectivity index (χ3n) is 5.25. The van der Waals surface area contributed by atoms with Crippen molar-refractivity contribution in [1.29, 1.82) is 0 Å². The summed E-state index contributed by atoms with van der Waals surface area (Å²) in [6.45, 7) is 4.43. The van der Waals surface area contributed by atoms with E-state index >= 15 is 0 Å². The van der Waals surface area contributed by atoms with Gasteiger partial charge in [-0.2, -0.15) is 0 Å². The summed E-state index contributed by atoms with van der Waals surface area (Å²) in [5.41, 5.74) is 1.15. The Morgan fingerprint density at radius 2 is 1.93 bits per heavy atom. The number of aryl methyl sites for hydroxylation is 1. The second-order valence-electron chi connectivity index (χ2n) is 7.35. The van der Waals surface area contributed by atoms with E-state index in [2.05, 4.69) is 31.3 Å². The zero-order valence-corrected chi connectivity index (χ0v) is 17.9. The highest BCUT2D eigenvalue weighted by Gasteiger charge is 2.26. The second-order valence-corrected chi connectivity index (χ2v) is 8.27. The average Bonchev–Trinajstić information content (AvgIpc) is 3.39. The molecule has 1 aliphatic heterocycles. The molecule has 0 unspecified atom stereocenters. The van der Waals surface area contributed by atoms with Gasteiger partial charge < -0.3 is 14.3 Å². The van der Waals surface area contributed by atoms with Gasteiger partial charge in [-0.15, -0.1) is 0 Å². The molecule has 1 saturated heterocycles. The number of aromatic nitrogens is 1. The minimum atomic E-state index is -0.248. The lowest BCUT2D eigenvalue weighted by molar-refractivity contribution is 0.0905. The van der Waals surface area contributed by atoms with Gasteiger partial charge in [-0.25, -0.2) is 0 Å². The van der Waals surface area contributed by atoms with Crippen LogP contribution in [0.2, 0.25) is 0 Å². The number of piperidine rings is 1. The summed E-state index contributed by atoms with van der Waals surface area (Å²) in [7, 11) is 0. The van der Waals surface area contributed by atoms with Gasteiger partial charge >= 0.3 is 0 Å². The zero-order chi connectivity index (χ0) is 20.2. The minimum absolute atomic E-state index is 0.0193. The Balaban J connectivity index is 1.44. The summed E-state index contributed by atoms with van der Waals surface area (Å²) in [5, 5.41) is 6.95. The number of amides is 1. The van der Waals surface area contributed by atoms with Crippen molar-refractivity contribution in [3.05, 3.63) is 64.2 Å². The largest absolute Gasteiger partial charge is 0.465 e. The van der Waals surface area contributed by atoms with Gasteiger partial charge in [0.05, 0.1) is 6.04 Å². The number of carbonyl (C=O) groups excluding carboxylic acids is 1. The summed E-state index contributed by atoms with van der Waals surface area (Å²) < 4.78 is 12.2. The van der Waals surface area contributed by atoms with Crippen LogP contribution in [0.15, 0.2) is 55.9 Å². The lowest BCUT2D eigenvalue weighted by Gasteiger charge is -2.33. The molecule has 1 amide bonds. The molecule has 152 valence electrons. The first-order valence-corrected chi connectivity index (χ1v) is 10.7. The lowest BCUT2D eigenvalue weighted by atomic mass is 10.1. The summed E-state index contributed by atoms with van der Waals surface area (Å²) in [5.74, 6) is 2.09. The van der Waals surface area contributed by atoms with Crippen molar-refractivity contribution in [2.45, 2.75) is 32.2 Å². The van der Waals surface area contributed by atoms with Crippen LogP contribution in [0.1, 0.15) is 47.3 Å². The van der Waals surface area contributed by atoms with Gasteiger partial charge in [-0.05, 0) is 57.1 Å². The van der Waals surface area contributed by atoms with E-state index in [0.717, 1.165) is 34.6 Å². The summed E-state index contributed by atoms with van der Waals surface area (Å²) >= 11 is 3.41. The van der Waals surface area contributed by atoms with Gasteiger partial charge in [0.1, 0.15) is 11.5 Å². The maximum atomic E-state index is 12.7. The lowest BCUT2D eigenvalue weighted by Crippen LogP contribution is -2.40. The Kier molecular flexibility index (Phi) is 6.16. The molecule has 1 atom stereocenters. The zero-order valence-electron chi connectivity index (χ0n) is 16.4. The molecule has 0 spiro atoms. The number of likely N-dealkylation sites (tertiary alicyclic amines) is 1. The molecule has 3 aromatic rings. The summed E-state index contributed by atoms with van der Waals surface area (Å²) in [4.78, 5) is 15.1. The molecule has 1 N–H and O–H groups in total. The quantitative estimate of drug-likeness (QED) is 0.565. The highest BCUT2D eigenvalue weighted by molar-refractivity contribution is 9.10. The fourth-order valence-electron chi connectivity index (χ4n) is 3.68. The molecule has 2 aromatic heterocycles. The third-order valence-corrected chi connectivity index (χ3v) is 5.78. The van der Waals surface area contributed by atoms with Gasteiger partial charge in [-0.1, -0.05) is 39.6 Å². The van der Waals surface area contributed by atoms with Crippen molar-refractivity contribution in [1.82, 2.24) is 15.4 Å². The van der Waals surface area contributed by atoms with Crippen LogP contribution in [0.4, 0.5) is 0 Å². The Bertz CT molecular complexity index is 958. The topological polar surface area (TPSA) is 71.5 Å². The summed E-state index contributed by atoms with van der Waals surface area (Å²) in [6, 6.07) is 13.3. The van der Waals surface area contributed by atoms with Crippen LogP contribution in [0.5, 0.6) is 0 Å². The van der Waals surface area contributed by atoms with Crippen LogP contribution in [-0.4, -0.2) is 35.6 Å². The molecule has 6 nitrogen and oxygen atoms in total. The van der Waals surface area contributed by atoms with Crippen LogP contribution >= 0.6 is 15.9 Å². The van der Waals surface area contributed by atoms with E-state index in [-0.39, 0.29) is 17.6 Å². The summed E-state index contributed by atoms with van der Waals surface area (Å²) in [6.07, 6.45) is 3.60. The molecule has 0 aliphatic carbocycles. The fourth-order valence-corrected chi connectivity index (χ4v) is 3.95. The molecule has 0 saturated carbocycles. The molecule has 4 rings (SSSR count). The molecule has 29 heavy (non-hydrogen) atoms. The Morgan fingerprint density at radius 1 is 1.17 bits per heavy atom. The van der Waals surface area contributed by atoms with Gasteiger partial charge in [-0.3, -0.25) is 9.69 Å². The van der Waals surface area contributed by atoms with Crippen molar-refractivity contribution in [2.24, 2.45) is 0 Å². The van der Waals surface area contributed by atoms with Crippen LogP contribution < -0.4 is 5.32 Å². The molecular formula is C22H24BrN3O3. The van der Waals surface area contributed by atoms with E-state index < -0.39 is 0 Å². The van der Waals surface area contributed by atoms with Crippen molar-refractivity contribution >= 4 is 21.8 Å². The number of hydrogen-bond acceptors (Lipinski definition) is 5. The van der Waals surface area contributed by atoms with E-state index in [0.29, 0.717) is 12.3 Å². The van der Waals surface area contributed by atoms with E-state index in [9.17, 15) is 4.79 Å². The van der Waals surface area contributed by atoms with Gasteiger partial charge in [0.25, 0.3) is 5.91 Å². The number of furan rings is 1. The number of nitrogens with zero attached hydrogens (tertiary/aromatic N) is 2. The highest BCUT2D eigenvalue weighted by atomic mass is 79.9. The van der Waals surface area contributed by atoms with Crippen LogP contribution in [0, 0.1) is 6.92 Å². The highest BCUT2D eigenvalue weighted by Crippen LogP contribution is 2.26. The van der Waals surface area contributed by atoms with Gasteiger partial charge in [0.15, 0.2) is 11.5 Å². The minimum Gasteiger partial charge on any atom is -0.465 e. The monoisotopic (exact) mass is 457 g/mol. The first kappa shape index (κ1) is 19.9. The number of benzene rings is 1. The molecule has 1 fully saturated rings. The fraction of sp³-hybridized carbons (Fsp3) is 0.364. The van der Waals surface area contributed by atoms with Crippen molar-refractivity contribution in [3.63, 3.8) is 0 Å². The van der Waals surface area contributed by atoms with E-state index in [4.69, 9.17) is 8.94 Å². The number of rotatable bonds is 6. The van der Waals surface area contributed by atoms with Crippen LogP contribution in [0.3, 0.4) is 0 Å². The van der Waals surface area contributed by atoms with Crippen LogP contribution in [0.25, 0.3) is 11.3 Å². The maximum Gasteiger partial charge on any atom is 0.273 e.